The number of hydrogen-bond acceptors (Lipinski definition) is 6. The van der Waals surface area contributed by atoms with E-state index >= 15 is 0 Å². The van der Waals surface area contributed by atoms with Crippen LogP contribution in [0, 0.1) is 0 Å². The molecule has 8 heteroatoms. The standard InChI is InChI=1S/C16H20N4O4/c1-24-11-4-2-9(3-5-11)12(17)7-14(21)15-19-8-10(20-15)6-13(18)16(22)23/h2-5,8,12-13H,6-7,17-18H2,1H3,(H,19,20)(H,22,23)/t12-,13-/m0/s1. The summed E-state index contributed by atoms with van der Waals surface area (Å²) in [4.78, 5) is 29.7. The van der Waals surface area contributed by atoms with E-state index in [9.17, 15) is 9.59 Å². The van der Waals surface area contributed by atoms with Gasteiger partial charge in [0.05, 0.1) is 7.11 Å². The zero-order valence-electron chi connectivity index (χ0n) is 13.2. The summed E-state index contributed by atoms with van der Waals surface area (Å²) in [7, 11) is 1.57. The molecule has 1 heterocycles. The minimum atomic E-state index is -1.11. The Labute approximate surface area is 138 Å². The molecule has 8 nitrogen and oxygen atoms in total. The zero-order chi connectivity index (χ0) is 17.7. The molecule has 2 atom stereocenters. The van der Waals surface area contributed by atoms with Gasteiger partial charge in [-0.3, -0.25) is 9.59 Å². The number of hydrogen-bond donors (Lipinski definition) is 4. The number of nitrogens with two attached hydrogens (primary N) is 2. The highest BCUT2D eigenvalue weighted by Gasteiger charge is 2.18. The number of ketones is 1. The molecule has 0 spiro atoms. The number of methoxy groups -OCH3 is 1. The van der Waals surface area contributed by atoms with Gasteiger partial charge >= 0.3 is 5.97 Å². The Morgan fingerprint density at radius 3 is 2.54 bits per heavy atom. The number of nitrogens with zero attached hydrogens (tertiary/aromatic N) is 1. The Morgan fingerprint density at radius 2 is 1.96 bits per heavy atom. The summed E-state index contributed by atoms with van der Waals surface area (Å²) in [6, 6.07) is 5.63. The van der Waals surface area contributed by atoms with Crippen LogP contribution in [0.4, 0.5) is 0 Å². The van der Waals surface area contributed by atoms with Gasteiger partial charge in [0.2, 0.25) is 0 Å². The van der Waals surface area contributed by atoms with Crippen LogP contribution < -0.4 is 16.2 Å². The molecular formula is C16H20N4O4. The van der Waals surface area contributed by atoms with E-state index < -0.39 is 18.1 Å². The molecule has 128 valence electrons. The minimum absolute atomic E-state index is 0.0696. The predicted octanol–water partition coefficient (Wildman–Crippen LogP) is 0.646. The maximum absolute atomic E-state index is 12.2. The molecule has 2 aromatic rings. The van der Waals surface area contributed by atoms with Gasteiger partial charge in [0.15, 0.2) is 11.6 Å². The minimum Gasteiger partial charge on any atom is -0.497 e. The highest BCUT2D eigenvalue weighted by atomic mass is 16.5. The normalized spacial score (nSPS) is 13.3. The average Bonchev–Trinajstić information content (AvgIpc) is 3.03. The molecule has 6 N–H and O–H groups in total. The molecule has 0 bridgehead atoms. The van der Waals surface area contributed by atoms with Crippen LogP contribution in [0.25, 0.3) is 0 Å². The summed E-state index contributed by atoms with van der Waals surface area (Å²) in [5, 5.41) is 8.79. The Balaban J connectivity index is 1.98. The Morgan fingerprint density at radius 1 is 1.29 bits per heavy atom. The van der Waals surface area contributed by atoms with Gasteiger partial charge in [0.25, 0.3) is 0 Å². The Kier molecular flexibility index (Phi) is 5.67. The number of carboxylic acids is 1. The second-order valence-corrected chi connectivity index (χ2v) is 5.41. The summed E-state index contributed by atoms with van der Waals surface area (Å²) in [6.45, 7) is 0. The van der Waals surface area contributed by atoms with Crippen LogP contribution in [0.5, 0.6) is 5.75 Å². The van der Waals surface area contributed by atoms with Gasteiger partial charge in [-0.1, -0.05) is 12.1 Å². The van der Waals surface area contributed by atoms with Gasteiger partial charge in [-0.05, 0) is 17.7 Å². The van der Waals surface area contributed by atoms with Gasteiger partial charge in [0.1, 0.15) is 11.8 Å². The Hall–Kier alpha value is -2.71. The van der Waals surface area contributed by atoms with Crippen molar-refractivity contribution in [3.05, 3.63) is 47.5 Å². The van der Waals surface area contributed by atoms with E-state index in [1.165, 1.54) is 6.20 Å². The van der Waals surface area contributed by atoms with Gasteiger partial charge in [0, 0.05) is 30.8 Å². The number of benzene rings is 1. The topological polar surface area (TPSA) is 144 Å². The number of ether oxygens (including phenoxy) is 1. The number of carbonyl (C=O) groups is 2. The summed E-state index contributed by atoms with van der Waals surface area (Å²) in [6.07, 6.45) is 1.55. The quantitative estimate of drug-likeness (QED) is 0.519. The fourth-order valence-electron chi connectivity index (χ4n) is 2.19. The highest BCUT2D eigenvalue weighted by molar-refractivity contribution is 5.93. The van der Waals surface area contributed by atoms with E-state index in [1.54, 1.807) is 31.4 Å². The van der Waals surface area contributed by atoms with Gasteiger partial charge < -0.3 is 26.3 Å². The van der Waals surface area contributed by atoms with Crippen molar-refractivity contribution in [2.45, 2.75) is 24.9 Å². The van der Waals surface area contributed by atoms with Crippen molar-refractivity contribution in [3.63, 3.8) is 0 Å². The smallest absolute Gasteiger partial charge is 0.320 e. The molecule has 0 aliphatic carbocycles. The van der Waals surface area contributed by atoms with Crippen molar-refractivity contribution in [2.24, 2.45) is 11.5 Å². The molecule has 0 saturated heterocycles. The van der Waals surface area contributed by atoms with E-state index in [4.69, 9.17) is 21.3 Å². The number of rotatable bonds is 8. The molecule has 0 saturated carbocycles. The van der Waals surface area contributed by atoms with Crippen LogP contribution in [-0.2, 0) is 11.2 Å². The van der Waals surface area contributed by atoms with Crippen LogP contribution in [0.15, 0.2) is 30.5 Å². The Bertz CT molecular complexity index is 711. The van der Waals surface area contributed by atoms with Gasteiger partial charge in [-0.2, -0.15) is 0 Å². The van der Waals surface area contributed by atoms with E-state index in [2.05, 4.69) is 9.97 Å². The largest absolute Gasteiger partial charge is 0.497 e. The third-order valence-electron chi connectivity index (χ3n) is 3.60. The number of carboxylic acid groups (broad SMARTS) is 1. The molecule has 0 fully saturated rings. The SMILES string of the molecule is COc1ccc([C@@H](N)CC(=O)c2ncc(C[C@H](N)C(=O)O)[nH]2)cc1. The molecule has 1 aromatic heterocycles. The predicted molar refractivity (Wildman–Crippen MR) is 86.8 cm³/mol. The molecule has 0 aliphatic rings. The second-order valence-electron chi connectivity index (χ2n) is 5.41. The fraction of sp³-hybridized carbons (Fsp3) is 0.312. The summed E-state index contributed by atoms with van der Waals surface area (Å²) < 4.78 is 5.08. The lowest BCUT2D eigenvalue weighted by molar-refractivity contribution is -0.138. The molecule has 2 rings (SSSR count). The van der Waals surface area contributed by atoms with Crippen molar-refractivity contribution in [3.8, 4) is 5.75 Å². The van der Waals surface area contributed by atoms with Crippen LogP contribution >= 0.6 is 0 Å². The molecule has 0 radical (unpaired) electrons. The molecular weight excluding hydrogens is 312 g/mol. The van der Waals surface area contributed by atoms with E-state index in [0.717, 1.165) is 5.56 Å². The summed E-state index contributed by atoms with van der Waals surface area (Å²) in [5.41, 5.74) is 12.8. The summed E-state index contributed by atoms with van der Waals surface area (Å²) in [5.74, 6) is -0.512. The first-order valence-corrected chi connectivity index (χ1v) is 7.35. The van der Waals surface area contributed by atoms with Crippen LogP contribution in [0.3, 0.4) is 0 Å². The van der Waals surface area contributed by atoms with Crippen molar-refractivity contribution < 1.29 is 19.4 Å². The van der Waals surface area contributed by atoms with Gasteiger partial charge in [-0.15, -0.1) is 0 Å². The second kappa shape index (κ2) is 7.71. The fourth-order valence-corrected chi connectivity index (χ4v) is 2.19. The zero-order valence-corrected chi connectivity index (χ0v) is 13.2. The number of Topliss-reactive ketones (excluding diaryl/α,β-unsaturated/α-hetero) is 1. The molecule has 1 aromatic carbocycles. The van der Waals surface area contributed by atoms with E-state index in [-0.39, 0.29) is 24.4 Å². The van der Waals surface area contributed by atoms with Crippen molar-refractivity contribution in [1.29, 1.82) is 0 Å². The maximum Gasteiger partial charge on any atom is 0.320 e. The first-order valence-electron chi connectivity index (χ1n) is 7.35. The number of H-pyrrole nitrogens is 1. The molecule has 24 heavy (non-hydrogen) atoms. The van der Waals surface area contributed by atoms with Gasteiger partial charge in [-0.25, -0.2) is 4.98 Å². The number of nitrogens with one attached hydrogen (secondary N) is 1. The average molecular weight is 332 g/mol. The lowest BCUT2D eigenvalue weighted by Gasteiger charge is -2.11. The first-order chi connectivity index (χ1) is 11.4. The number of aromatic nitrogens is 2. The monoisotopic (exact) mass is 332 g/mol. The van der Waals surface area contributed by atoms with Crippen LogP contribution in [0.2, 0.25) is 0 Å². The number of aromatic amines is 1. The molecule has 0 amide bonds. The number of imidazole rings is 1. The third kappa shape index (κ3) is 4.40. The van der Waals surface area contributed by atoms with Crippen molar-refractivity contribution in [1.82, 2.24) is 9.97 Å². The lowest BCUT2D eigenvalue weighted by atomic mass is 10.0. The van der Waals surface area contributed by atoms with Crippen molar-refractivity contribution in [2.75, 3.05) is 7.11 Å². The first kappa shape index (κ1) is 17.6. The van der Waals surface area contributed by atoms with E-state index in [0.29, 0.717) is 11.4 Å². The summed E-state index contributed by atoms with van der Waals surface area (Å²) >= 11 is 0. The van der Waals surface area contributed by atoms with Crippen molar-refractivity contribution >= 4 is 11.8 Å². The number of carbonyl (C=O) groups excluding carboxylic acids is 1. The molecule has 0 aliphatic heterocycles. The molecule has 0 unspecified atom stereocenters. The van der Waals surface area contributed by atoms with Crippen LogP contribution in [0.1, 0.15) is 34.3 Å². The number of aliphatic carboxylic acids is 1. The lowest BCUT2D eigenvalue weighted by Crippen LogP contribution is -2.32. The van der Waals surface area contributed by atoms with Crippen LogP contribution in [-0.4, -0.2) is 40.0 Å². The maximum atomic E-state index is 12.2. The third-order valence-corrected chi connectivity index (χ3v) is 3.60. The highest BCUT2D eigenvalue weighted by Crippen LogP contribution is 2.19. The van der Waals surface area contributed by atoms with E-state index in [1.807, 2.05) is 0 Å².